The van der Waals surface area contributed by atoms with Gasteiger partial charge in [0.1, 0.15) is 0 Å². The van der Waals surface area contributed by atoms with Crippen LogP contribution < -0.4 is 14.4 Å². The molecule has 0 unspecified atom stereocenters. The van der Waals surface area contributed by atoms with Crippen molar-refractivity contribution < 1.29 is 29.0 Å². The monoisotopic (exact) mass is 511 g/mol. The highest BCUT2D eigenvalue weighted by Gasteiger charge is 2.36. The molecule has 1 heterocycles. The van der Waals surface area contributed by atoms with Crippen molar-refractivity contribution in [3.05, 3.63) is 56.4 Å². The Balaban J connectivity index is 1.93. The van der Waals surface area contributed by atoms with Crippen LogP contribution in [-0.2, 0) is 9.59 Å². The molecule has 0 spiro atoms. The molecule has 2 aromatic carbocycles. The number of carboxylic acids is 1. The SMILES string of the molecule is CCOc1cc(/C=C2/SC(=O)N(c3cccc(Cl)c3)C2=O)cc(Br)c1OCC(=O)O. The van der Waals surface area contributed by atoms with Crippen LogP contribution in [0.5, 0.6) is 11.5 Å². The number of hydrogen-bond acceptors (Lipinski definition) is 6. The molecular weight excluding hydrogens is 498 g/mol. The predicted molar refractivity (Wildman–Crippen MR) is 118 cm³/mol. The van der Waals surface area contributed by atoms with Crippen molar-refractivity contribution in [1.82, 2.24) is 0 Å². The van der Waals surface area contributed by atoms with Crippen LogP contribution in [0.2, 0.25) is 5.02 Å². The molecule has 7 nitrogen and oxygen atoms in total. The third kappa shape index (κ3) is 4.97. The summed E-state index contributed by atoms with van der Waals surface area (Å²) in [5.41, 5.74) is 0.964. The van der Waals surface area contributed by atoms with Crippen LogP contribution in [0.4, 0.5) is 10.5 Å². The molecule has 10 heteroatoms. The van der Waals surface area contributed by atoms with Crippen molar-refractivity contribution in [3.8, 4) is 11.5 Å². The number of carboxylic acid groups (broad SMARTS) is 1. The van der Waals surface area contributed by atoms with E-state index >= 15 is 0 Å². The van der Waals surface area contributed by atoms with E-state index in [1.807, 2.05) is 0 Å². The zero-order chi connectivity index (χ0) is 21.8. The Kier molecular flexibility index (Phi) is 7.06. The lowest BCUT2D eigenvalue weighted by atomic mass is 10.1. The first-order valence-electron chi connectivity index (χ1n) is 8.64. The fraction of sp³-hybridized carbons (Fsp3) is 0.150. The number of imide groups is 1. The summed E-state index contributed by atoms with van der Waals surface area (Å²) < 4.78 is 11.3. The molecule has 2 amide bonds. The van der Waals surface area contributed by atoms with E-state index in [1.54, 1.807) is 49.4 Å². The number of benzene rings is 2. The van der Waals surface area contributed by atoms with Gasteiger partial charge in [0.15, 0.2) is 18.1 Å². The predicted octanol–water partition coefficient (Wildman–Crippen LogP) is 5.21. The van der Waals surface area contributed by atoms with E-state index in [2.05, 4.69) is 15.9 Å². The quantitative estimate of drug-likeness (QED) is 0.509. The summed E-state index contributed by atoms with van der Waals surface area (Å²) in [6.45, 7) is 1.57. The molecule has 1 aliphatic rings. The van der Waals surface area contributed by atoms with Crippen LogP contribution in [0, 0.1) is 0 Å². The van der Waals surface area contributed by atoms with Crippen molar-refractivity contribution >= 4 is 68.2 Å². The molecule has 0 bridgehead atoms. The molecule has 3 rings (SSSR count). The lowest BCUT2D eigenvalue weighted by Gasteiger charge is -2.14. The minimum atomic E-state index is -1.12. The molecule has 1 saturated heterocycles. The first-order valence-corrected chi connectivity index (χ1v) is 10.6. The summed E-state index contributed by atoms with van der Waals surface area (Å²) in [6.07, 6.45) is 1.56. The largest absolute Gasteiger partial charge is 0.490 e. The Morgan fingerprint density at radius 3 is 2.70 bits per heavy atom. The highest BCUT2D eigenvalue weighted by Crippen LogP contribution is 2.40. The third-order valence-electron chi connectivity index (χ3n) is 3.83. The van der Waals surface area contributed by atoms with Crippen LogP contribution in [0.15, 0.2) is 45.8 Å². The second kappa shape index (κ2) is 9.55. The molecule has 0 aromatic heterocycles. The van der Waals surface area contributed by atoms with Crippen molar-refractivity contribution in [2.75, 3.05) is 18.1 Å². The number of thioether (sulfide) groups is 1. The lowest BCUT2D eigenvalue weighted by molar-refractivity contribution is -0.139. The van der Waals surface area contributed by atoms with Gasteiger partial charge >= 0.3 is 5.97 Å². The number of amides is 2. The first kappa shape index (κ1) is 22.2. The zero-order valence-electron chi connectivity index (χ0n) is 15.6. The van der Waals surface area contributed by atoms with Gasteiger partial charge in [-0.15, -0.1) is 0 Å². The molecule has 0 aliphatic carbocycles. The van der Waals surface area contributed by atoms with Crippen LogP contribution in [-0.4, -0.2) is 35.4 Å². The van der Waals surface area contributed by atoms with Crippen molar-refractivity contribution in [2.24, 2.45) is 0 Å². The summed E-state index contributed by atoms with van der Waals surface area (Å²) in [6, 6.07) is 9.74. The minimum absolute atomic E-state index is 0.230. The second-order valence-electron chi connectivity index (χ2n) is 5.94. The van der Waals surface area contributed by atoms with Gasteiger partial charge in [0.05, 0.1) is 21.7 Å². The molecule has 1 fully saturated rings. The molecule has 0 radical (unpaired) electrons. The normalized spacial score (nSPS) is 15.0. The third-order valence-corrected chi connectivity index (χ3v) is 5.52. The average molecular weight is 513 g/mol. The van der Waals surface area contributed by atoms with Crippen molar-refractivity contribution in [1.29, 1.82) is 0 Å². The van der Waals surface area contributed by atoms with E-state index in [1.165, 1.54) is 0 Å². The van der Waals surface area contributed by atoms with Gasteiger partial charge in [-0.3, -0.25) is 9.59 Å². The van der Waals surface area contributed by atoms with Gasteiger partial charge in [-0.25, -0.2) is 9.69 Å². The summed E-state index contributed by atoms with van der Waals surface area (Å²) in [7, 11) is 0. The lowest BCUT2D eigenvalue weighted by Crippen LogP contribution is -2.27. The molecule has 1 aliphatic heterocycles. The number of nitrogens with zero attached hydrogens (tertiary/aromatic N) is 1. The van der Waals surface area contributed by atoms with E-state index in [9.17, 15) is 14.4 Å². The maximum absolute atomic E-state index is 12.8. The van der Waals surface area contributed by atoms with E-state index in [-0.39, 0.29) is 10.7 Å². The van der Waals surface area contributed by atoms with Crippen molar-refractivity contribution in [3.63, 3.8) is 0 Å². The van der Waals surface area contributed by atoms with Crippen LogP contribution >= 0.6 is 39.3 Å². The molecule has 2 aromatic rings. The first-order chi connectivity index (χ1) is 14.3. The number of carbonyl (C=O) groups excluding carboxylic acids is 2. The Hall–Kier alpha value is -2.49. The average Bonchev–Trinajstić information content (AvgIpc) is 2.94. The van der Waals surface area contributed by atoms with E-state index in [0.29, 0.717) is 33.1 Å². The number of aliphatic carboxylic acids is 1. The van der Waals surface area contributed by atoms with Gasteiger partial charge in [0, 0.05) is 5.02 Å². The summed E-state index contributed by atoms with van der Waals surface area (Å²) in [4.78, 5) is 37.3. The van der Waals surface area contributed by atoms with E-state index in [0.717, 1.165) is 16.7 Å². The van der Waals surface area contributed by atoms with Gasteiger partial charge in [0.25, 0.3) is 11.1 Å². The number of rotatable bonds is 7. The second-order valence-corrected chi connectivity index (χ2v) is 8.23. The molecule has 156 valence electrons. The smallest absolute Gasteiger partial charge is 0.341 e. The van der Waals surface area contributed by atoms with Crippen molar-refractivity contribution in [2.45, 2.75) is 6.92 Å². The van der Waals surface area contributed by atoms with Crippen LogP contribution in [0.1, 0.15) is 12.5 Å². The summed E-state index contributed by atoms with van der Waals surface area (Å²) in [5, 5.41) is 8.83. The molecule has 30 heavy (non-hydrogen) atoms. The fourth-order valence-corrected chi connectivity index (χ4v) is 4.27. The van der Waals surface area contributed by atoms with E-state index in [4.69, 9.17) is 26.2 Å². The topological polar surface area (TPSA) is 93.1 Å². The maximum Gasteiger partial charge on any atom is 0.341 e. The molecule has 0 saturated carbocycles. The maximum atomic E-state index is 12.8. The number of carbonyl (C=O) groups is 3. The Morgan fingerprint density at radius 1 is 1.27 bits per heavy atom. The highest BCUT2D eigenvalue weighted by atomic mass is 79.9. The molecule has 1 N–H and O–H groups in total. The highest BCUT2D eigenvalue weighted by molar-refractivity contribution is 9.10. The number of anilines is 1. The number of ether oxygens (including phenoxy) is 2. The van der Waals surface area contributed by atoms with Gasteiger partial charge in [-0.05, 0) is 76.6 Å². The minimum Gasteiger partial charge on any atom is -0.490 e. The van der Waals surface area contributed by atoms with E-state index < -0.39 is 23.7 Å². The summed E-state index contributed by atoms with van der Waals surface area (Å²) >= 11 is 10.1. The Morgan fingerprint density at radius 2 is 2.03 bits per heavy atom. The fourth-order valence-electron chi connectivity index (χ4n) is 2.67. The van der Waals surface area contributed by atoms with Crippen LogP contribution in [0.25, 0.3) is 6.08 Å². The standard InChI is InChI=1S/C20H15BrClNO6S/c1-2-28-15-7-11(6-14(21)18(15)29-10-17(24)25)8-16-19(26)23(20(27)30-16)13-5-3-4-12(22)9-13/h3-9H,2,10H2,1H3,(H,24,25)/b16-8+. The van der Waals surface area contributed by atoms with Gasteiger partial charge in [-0.1, -0.05) is 17.7 Å². The Labute approximate surface area is 189 Å². The molecule has 0 atom stereocenters. The van der Waals surface area contributed by atoms with Crippen LogP contribution in [0.3, 0.4) is 0 Å². The zero-order valence-corrected chi connectivity index (χ0v) is 18.7. The Bertz CT molecular complexity index is 1060. The number of halogens is 2. The van der Waals surface area contributed by atoms with Gasteiger partial charge < -0.3 is 14.6 Å². The molecular formula is C20H15BrClNO6S. The summed E-state index contributed by atoms with van der Waals surface area (Å²) in [5.74, 6) is -1.03. The van der Waals surface area contributed by atoms with Gasteiger partial charge in [0.2, 0.25) is 0 Å². The van der Waals surface area contributed by atoms with Gasteiger partial charge in [-0.2, -0.15) is 0 Å². The number of hydrogen-bond donors (Lipinski definition) is 1.